The van der Waals surface area contributed by atoms with Crippen molar-refractivity contribution in [3.8, 4) is 0 Å². The number of halogens is 3. The molecule has 144 valence electrons. The van der Waals surface area contributed by atoms with Crippen molar-refractivity contribution >= 4 is 29.1 Å². The van der Waals surface area contributed by atoms with Crippen LogP contribution in [0.25, 0.3) is 11.7 Å². The molecule has 0 spiro atoms. The number of aromatic nitrogens is 3. The molecule has 1 amide bonds. The van der Waals surface area contributed by atoms with Crippen molar-refractivity contribution in [2.24, 2.45) is 0 Å². The lowest BCUT2D eigenvalue weighted by molar-refractivity contribution is -0.142. The van der Waals surface area contributed by atoms with Gasteiger partial charge in [0, 0.05) is 29.9 Å². The van der Waals surface area contributed by atoms with Gasteiger partial charge in [0.05, 0.1) is 5.69 Å². The number of anilines is 1. The van der Waals surface area contributed by atoms with Crippen molar-refractivity contribution in [2.45, 2.75) is 20.0 Å². The summed E-state index contributed by atoms with van der Waals surface area (Å²) in [4.78, 5) is 27.5. The van der Waals surface area contributed by atoms with E-state index >= 15 is 0 Å². The number of allylic oxidation sites excluding steroid dienone is 1. The highest BCUT2D eigenvalue weighted by Crippen LogP contribution is 2.30. The van der Waals surface area contributed by atoms with Crippen molar-refractivity contribution in [3.63, 3.8) is 0 Å². The third kappa shape index (κ3) is 3.93. The highest BCUT2D eigenvalue weighted by Gasteiger charge is 2.34. The Kier molecular flexibility index (Phi) is 5.00. The summed E-state index contributed by atoms with van der Waals surface area (Å²) in [5.41, 5.74) is 0.464. The molecule has 0 saturated heterocycles. The number of hydrogen-bond donors (Lipinski definition) is 1. The minimum Gasteiger partial charge on any atom is -0.326 e. The predicted molar refractivity (Wildman–Crippen MR) is 96.8 cm³/mol. The van der Waals surface area contributed by atoms with E-state index in [9.17, 15) is 22.8 Å². The average molecular weight is 388 g/mol. The number of alkyl halides is 3. The first-order valence-electron chi connectivity index (χ1n) is 8.18. The van der Waals surface area contributed by atoms with Crippen LogP contribution in [-0.4, -0.2) is 26.3 Å². The van der Waals surface area contributed by atoms with E-state index in [1.54, 1.807) is 18.2 Å². The molecule has 0 unspecified atom stereocenters. The summed E-state index contributed by atoms with van der Waals surface area (Å²) in [6.45, 7) is 2.89. The molecule has 3 aromatic rings. The maximum atomic E-state index is 13.1. The fourth-order valence-corrected chi connectivity index (χ4v) is 2.69. The fourth-order valence-electron chi connectivity index (χ4n) is 2.69. The van der Waals surface area contributed by atoms with Crippen LogP contribution in [0.1, 0.15) is 34.2 Å². The van der Waals surface area contributed by atoms with E-state index in [2.05, 4.69) is 15.4 Å². The van der Waals surface area contributed by atoms with Gasteiger partial charge in [0.15, 0.2) is 11.4 Å². The summed E-state index contributed by atoms with van der Waals surface area (Å²) in [5.74, 6) is -0.647. The summed E-state index contributed by atoms with van der Waals surface area (Å²) in [6, 6.07) is 7.17. The lowest BCUT2D eigenvalue weighted by Gasteiger charge is -2.07. The topological polar surface area (TPSA) is 76.4 Å². The van der Waals surface area contributed by atoms with Gasteiger partial charge in [0.1, 0.15) is 5.69 Å². The quantitative estimate of drug-likeness (QED) is 0.543. The van der Waals surface area contributed by atoms with Crippen molar-refractivity contribution in [1.29, 1.82) is 0 Å². The third-order valence-electron chi connectivity index (χ3n) is 3.90. The summed E-state index contributed by atoms with van der Waals surface area (Å²) in [7, 11) is 0. The molecule has 2 heterocycles. The zero-order valence-electron chi connectivity index (χ0n) is 14.9. The van der Waals surface area contributed by atoms with E-state index in [0.717, 1.165) is 16.8 Å². The molecule has 1 aromatic carbocycles. The normalized spacial score (nSPS) is 11.9. The highest BCUT2D eigenvalue weighted by atomic mass is 19.4. The smallest absolute Gasteiger partial charge is 0.326 e. The molecule has 0 radical (unpaired) electrons. The molecule has 0 aliphatic rings. The standard InChI is InChI=1S/C19H15F3N4O2/c1-11-15(18-23-9-8-17(19(20,21)22)26(18)25-11)6-7-16(28)13-4-3-5-14(10-13)24-12(2)27/h3-10H,1-2H3,(H,24,27). The zero-order valence-corrected chi connectivity index (χ0v) is 14.9. The summed E-state index contributed by atoms with van der Waals surface area (Å²) in [5, 5.41) is 6.48. The largest absolute Gasteiger partial charge is 0.433 e. The van der Waals surface area contributed by atoms with E-state index in [0.29, 0.717) is 22.5 Å². The molecule has 0 bridgehead atoms. The van der Waals surface area contributed by atoms with Gasteiger partial charge in [-0.05, 0) is 37.3 Å². The highest BCUT2D eigenvalue weighted by molar-refractivity contribution is 6.08. The number of nitrogens with zero attached hydrogens (tertiary/aromatic N) is 3. The number of fused-ring (bicyclic) bond motifs is 1. The monoisotopic (exact) mass is 388 g/mol. The summed E-state index contributed by atoms with van der Waals surface area (Å²) >= 11 is 0. The molecular formula is C19H15F3N4O2. The van der Waals surface area contributed by atoms with Crippen molar-refractivity contribution in [3.05, 3.63) is 65.1 Å². The van der Waals surface area contributed by atoms with E-state index in [-0.39, 0.29) is 17.3 Å². The second-order valence-corrected chi connectivity index (χ2v) is 6.02. The van der Waals surface area contributed by atoms with Crippen LogP contribution < -0.4 is 5.32 Å². The van der Waals surface area contributed by atoms with Gasteiger partial charge >= 0.3 is 6.18 Å². The van der Waals surface area contributed by atoms with Crippen molar-refractivity contribution in [2.75, 3.05) is 5.32 Å². The number of carbonyl (C=O) groups is 2. The van der Waals surface area contributed by atoms with Gasteiger partial charge in [0.25, 0.3) is 0 Å². The molecule has 9 heteroatoms. The first-order chi connectivity index (χ1) is 13.2. The second-order valence-electron chi connectivity index (χ2n) is 6.02. The SMILES string of the molecule is CC(=O)Nc1cccc(C(=O)C=Cc2c(C)nn3c(C(F)(F)F)ccnc23)c1. The van der Waals surface area contributed by atoms with Crippen molar-refractivity contribution < 1.29 is 22.8 Å². The van der Waals surface area contributed by atoms with Crippen LogP contribution in [0, 0.1) is 6.92 Å². The van der Waals surface area contributed by atoms with Crippen LogP contribution in [-0.2, 0) is 11.0 Å². The maximum absolute atomic E-state index is 13.1. The Balaban J connectivity index is 1.95. The zero-order chi connectivity index (χ0) is 20.5. The lowest BCUT2D eigenvalue weighted by atomic mass is 10.1. The molecule has 0 fully saturated rings. The molecule has 6 nitrogen and oxygen atoms in total. The molecule has 0 saturated carbocycles. The van der Waals surface area contributed by atoms with E-state index < -0.39 is 11.9 Å². The Labute approximate surface area is 157 Å². The molecule has 0 aliphatic carbocycles. The Morgan fingerprint density at radius 3 is 2.64 bits per heavy atom. The first kappa shape index (κ1) is 19.3. The van der Waals surface area contributed by atoms with Crippen LogP contribution in [0.4, 0.5) is 18.9 Å². The predicted octanol–water partition coefficient (Wildman–Crippen LogP) is 3.91. The fraction of sp³-hybridized carbons (Fsp3) is 0.158. The average Bonchev–Trinajstić information content (AvgIpc) is 2.93. The van der Waals surface area contributed by atoms with Gasteiger partial charge in [-0.25, -0.2) is 9.50 Å². The van der Waals surface area contributed by atoms with Gasteiger partial charge in [-0.3, -0.25) is 9.59 Å². The molecule has 2 aromatic heterocycles. The van der Waals surface area contributed by atoms with Crippen LogP contribution in [0.3, 0.4) is 0 Å². The molecule has 28 heavy (non-hydrogen) atoms. The van der Waals surface area contributed by atoms with Crippen LogP contribution >= 0.6 is 0 Å². The lowest BCUT2D eigenvalue weighted by Crippen LogP contribution is -2.12. The van der Waals surface area contributed by atoms with Crippen molar-refractivity contribution in [1.82, 2.24) is 14.6 Å². The summed E-state index contributed by atoms with van der Waals surface area (Å²) < 4.78 is 40.1. The molecule has 3 rings (SSSR count). The number of carbonyl (C=O) groups excluding carboxylic acids is 2. The minimum atomic E-state index is -4.58. The van der Waals surface area contributed by atoms with Crippen LogP contribution in [0.2, 0.25) is 0 Å². The molecule has 0 atom stereocenters. The Morgan fingerprint density at radius 1 is 1.21 bits per heavy atom. The van der Waals surface area contributed by atoms with E-state index in [1.807, 2.05) is 0 Å². The third-order valence-corrected chi connectivity index (χ3v) is 3.90. The Hall–Kier alpha value is -3.49. The number of amides is 1. The van der Waals surface area contributed by atoms with E-state index in [4.69, 9.17) is 0 Å². The molecular weight excluding hydrogens is 373 g/mol. The number of benzene rings is 1. The maximum Gasteiger partial charge on any atom is 0.433 e. The minimum absolute atomic E-state index is 0.00312. The van der Waals surface area contributed by atoms with Crippen LogP contribution in [0.5, 0.6) is 0 Å². The van der Waals surface area contributed by atoms with Gasteiger partial charge in [-0.1, -0.05) is 12.1 Å². The van der Waals surface area contributed by atoms with Gasteiger partial charge in [0.2, 0.25) is 5.91 Å². The number of aryl methyl sites for hydroxylation is 1. The number of ketones is 1. The molecule has 1 N–H and O–H groups in total. The number of rotatable bonds is 4. The van der Waals surface area contributed by atoms with Gasteiger partial charge in [-0.15, -0.1) is 0 Å². The van der Waals surface area contributed by atoms with Gasteiger partial charge < -0.3 is 5.32 Å². The summed E-state index contributed by atoms with van der Waals surface area (Å²) in [6.07, 6.45) is -0.910. The second kappa shape index (κ2) is 7.26. The van der Waals surface area contributed by atoms with E-state index in [1.165, 1.54) is 32.1 Å². The first-order valence-corrected chi connectivity index (χ1v) is 8.18. The Bertz CT molecular complexity index is 1100. The van der Waals surface area contributed by atoms with Gasteiger partial charge in [-0.2, -0.15) is 18.3 Å². The Morgan fingerprint density at radius 2 is 1.96 bits per heavy atom. The number of nitrogens with one attached hydrogen (secondary N) is 1. The van der Waals surface area contributed by atoms with Crippen LogP contribution in [0.15, 0.2) is 42.6 Å². The molecule has 0 aliphatic heterocycles. The number of hydrogen-bond acceptors (Lipinski definition) is 4.